The Hall–Kier alpha value is -1.96. The van der Waals surface area contributed by atoms with E-state index in [4.69, 9.17) is 22.1 Å². The van der Waals surface area contributed by atoms with E-state index < -0.39 is 0 Å². The Morgan fingerprint density at radius 3 is 2.74 bits per heavy atom. The van der Waals surface area contributed by atoms with Crippen LogP contribution < -0.4 is 4.74 Å². The van der Waals surface area contributed by atoms with Crippen molar-refractivity contribution in [2.24, 2.45) is 0 Å². The largest absolute Gasteiger partial charge is 0.497 e. The fraction of sp³-hybridized carbons (Fsp3) is 0.400. The third-order valence-electron chi connectivity index (χ3n) is 5.14. The van der Waals surface area contributed by atoms with E-state index in [1.807, 2.05) is 40.3 Å². The summed E-state index contributed by atoms with van der Waals surface area (Å²) < 4.78 is 10.1. The van der Waals surface area contributed by atoms with Gasteiger partial charge in [0.05, 0.1) is 13.8 Å². The molecule has 1 saturated heterocycles. The Balaban J connectivity index is 1.63. The molecule has 4 rings (SSSR count). The zero-order valence-electron chi connectivity index (χ0n) is 15.7. The van der Waals surface area contributed by atoms with Crippen LogP contribution in [0.5, 0.6) is 5.75 Å². The molecule has 1 atom stereocenters. The molecule has 0 unspecified atom stereocenters. The quantitative estimate of drug-likeness (QED) is 0.548. The van der Waals surface area contributed by atoms with E-state index >= 15 is 0 Å². The third kappa shape index (κ3) is 3.59. The fourth-order valence-electron chi connectivity index (χ4n) is 3.74. The zero-order valence-corrected chi connectivity index (χ0v) is 17.3. The summed E-state index contributed by atoms with van der Waals surface area (Å²) in [5.41, 5.74) is 1.05. The topological polar surface area (TPSA) is 35.2 Å². The van der Waals surface area contributed by atoms with Gasteiger partial charge in [0.15, 0.2) is 10.6 Å². The molecule has 3 heterocycles. The lowest BCUT2D eigenvalue weighted by molar-refractivity contribution is 0.192. The number of aromatic nitrogens is 3. The molecule has 1 aliphatic rings. The smallest absolute Gasteiger partial charge is 0.199 e. The molecule has 3 aromatic rings. The predicted molar refractivity (Wildman–Crippen MR) is 112 cm³/mol. The van der Waals surface area contributed by atoms with Gasteiger partial charge in [0.25, 0.3) is 0 Å². The van der Waals surface area contributed by atoms with Crippen LogP contribution in [-0.2, 0) is 13.2 Å². The summed E-state index contributed by atoms with van der Waals surface area (Å²) in [5, 5.41) is 7.04. The Morgan fingerprint density at radius 2 is 2.07 bits per heavy atom. The summed E-state index contributed by atoms with van der Waals surface area (Å²) in [7, 11) is 1.68. The van der Waals surface area contributed by atoms with Crippen molar-refractivity contribution in [2.75, 3.05) is 13.7 Å². The molecule has 0 bridgehead atoms. The first-order valence-corrected chi connectivity index (χ1v) is 10.6. The maximum Gasteiger partial charge on any atom is 0.199 e. The second-order valence-electron chi connectivity index (χ2n) is 6.71. The Kier molecular flexibility index (Phi) is 5.43. The molecular formula is C20H24N4OS2. The van der Waals surface area contributed by atoms with Gasteiger partial charge in [-0.3, -0.25) is 4.90 Å². The first kappa shape index (κ1) is 18.4. The van der Waals surface area contributed by atoms with E-state index in [1.165, 1.54) is 17.7 Å². The van der Waals surface area contributed by atoms with Gasteiger partial charge in [0.2, 0.25) is 0 Å². The normalized spacial score (nSPS) is 17.5. The highest BCUT2D eigenvalue weighted by molar-refractivity contribution is 7.71. The molecule has 1 aliphatic heterocycles. The number of hydrogen-bond acceptors (Lipinski definition) is 5. The summed E-state index contributed by atoms with van der Waals surface area (Å²) in [6, 6.07) is 12.8. The standard InChI is InChI=1S/C20H24N4OS2/c1-3-23-19(15-8-10-16(25-2)11-9-15)21-24(20(23)26)14-22-12-4-6-17(22)18-7-5-13-27-18/h5,7-11,13,17H,3-4,6,12,14H2,1-2H3/t17-/m0/s1. The SMILES string of the molecule is CCn1c(-c2ccc(OC)cc2)nn(CN2CCC[C@H]2c2cccs2)c1=S. The lowest BCUT2D eigenvalue weighted by Crippen LogP contribution is -2.26. The van der Waals surface area contributed by atoms with Crippen LogP contribution in [0.1, 0.15) is 30.7 Å². The number of methoxy groups -OCH3 is 1. The van der Waals surface area contributed by atoms with E-state index in [9.17, 15) is 0 Å². The molecule has 2 aromatic heterocycles. The van der Waals surface area contributed by atoms with Gasteiger partial charge in [-0.15, -0.1) is 11.3 Å². The Labute approximate surface area is 168 Å². The minimum atomic E-state index is 0.475. The minimum absolute atomic E-state index is 0.475. The van der Waals surface area contributed by atoms with Crippen LogP contribution in [0.2, 0.25) is 0 Å². The summed E-state index contributed by atoms with van der Waals surface area (Å²) in [5.74, 6) is 1.76. The molecule has 0 amide bonds. The molecular weight excluding hydrogens is 376 g/mol. The molecule has 0 radical (unpaired) electrons. The molecule has 27 heavy (non-hydrogen) atoms. The van der Waals surface area contributed by atoms with Crippen LogP contribution in [0, 0.1) is 4.77 Å². The molecule has 0 saturated carbocycles. The molecule has 0 spiro atoms. The summed E-state index contributed by atoms with van der Waals surface area (Å²) in [4.78, 5) is 3.93. The van der Waals surface area contributed by atoms with E-state index in [0.717, 1.165) is 41.7 Å². The molecule has 0 N–H and O–H groups in total. The van der Waals surface area contributed by atoms with Gasteiger partial charge in [-0.05, 0) is 67.7 Å². The van der Waals surface area contributed by atoms with Gasteiger partial charge in [0, 0.05) is 29.6 Å². The number of hydrogen-bond donors (Lipinski definition) is 0. The average molecular weight is 401 g/mol. The highest BCUT2D eigenvalue weighted by Crippen LogP contribution is 2.35. The highest BCUT2D eigenvalue weighted by atomic mass is 32.1. The molecule has 1 aromatic carbocycles. The lowest BCUT2D eigenvalue weighted by atomic mass is 10.2. The van der Waals surface area contributed by atoms with Crippen LogP contribution in [0.4, 0.5) is 0 Å². The summed E-state index contributed by atoms with van der Waals surface area (Å²) in [6.07, 6.45) is 2.42. The number of rotatable bonds is 6. The highest BCUT2D eigenvalue weighted by Gasteiger charge is 2.27. The van der Waals surface area contributed by atoms with Crippen LogP contribution in [0.25, 0.3) is 11.4 Å². The van der Waals surface area contributed by atoms with Gasteiger partial charge in [-0.1, -0.05) is 6.07 Å². The van der Waals surface area contributed by atoms with Gasteiger partial charge < -0.3 is 9.30 Å². The van der Waals surface area contributed by atoms with Crippen molar-refractivity contribution in [3.63, 3.8) is 0 Å². The fourth-order valence-corrected chi connectivity index (χ4v) is 4.95. The van der Waals surface area contributed by atoms with E-state index in [2.05, 4.69) is 33.9 Å². The first-order chi connectivity index (χ1) is 13.2. The molecule has 142 valence electrons. The second-order valence-corrected chi connectivity index (χ2v) is 8.05. The van der Waals surface area contributed by atoms with Gasteiger partial charge in [-0.2, -0.15) is 5.10 Å². The van der Waals surface area contributed by atoms with Crippen LogP contribution in [-0.4, -0.2) is 32.9 Å². The number of benzene rings is 1. The summed E-state index contributed by atoms with van der Waals surface area (Å²) in [6.45, 7) is 4.73. The molecule has 7 heteroatoms. The van der Waals surface area contributed by atoms with E-state index in [1.54, 1.807) is 7.11 Å². The minimum Gasteiger partial charge on any atom is -0.497 e. The maximum atomic E-state index is 5.75. The average Bonchev–Trinajstić information content (AvgIpc) is 3.43. The predicted octanol–water partition coefficient (Wildman–Crippen LogP) is 4.97. The Morgan fingerprint density at radius 1 is 1.26 bits per heavy atom. The monoisotopic (exact) mass is 400 g/mol. The molecule has 5 nitrogen and oxygen atoms in total. The van der Waals surface area contributed by atoms with Crippen molar-refractivity contribution in [3.8, 4) is 17.1 Å². The lowest BCUT2D eigenvalue weighted by Gasteiger charge is -2.23. The molecule has 0 aliphatic carbocycles. The second kappa shape index (κ2) is 7.96. The Bertz CT molecular complexity index is 944. The zero-order chi connectivity index (χ0) is 18.8. The van der Waals surface area contributed by atoms with Crippen LogP contribution in [0.15, 0.2) is 41.8 Å². The summed E-state index contributed by atoms with van der Waals surface area (Å²) >= 11 is 7.59. The van der Waals surface area contributed by atoms with Crippen LogP contribution >= 0.6 is 23.6 Å². The van der Waals surface area contributed by atoms with Crippen molar-refractivity contribution in [3.05, 3.63) is 51.4 Å². The van der Waals surface area contributed by atoms with E-state index in [-0.39, 0.29) is 0 Å². The van der Waals surface area contributed by atoms with Crippen molar-refractivity contribution in [2.45, 2.75) is 39.0 Å². The number of thiophene rings is 1. The van der Waals surface area contributed by atoms with Crippen LogP contribution in [0.3, 0.4) is 0 Å². The van der Waals surface area contributed by atoms with Crippen molar-refractivity contribution in [1.82, 2.24) is 19.2 Å². The maximum absolute atomic E-state index is 5.75. The third-order valence-corrected chi connectivity index (χ3v) is 6.54. The first-order valence-electron chi connectivity index (χ1n) is 9.30. The van der Waals surface area contributed by atoms with Gasteiger partial charge in [-0.25, -0.2) is 4.68 Å². The number of likely N-dealkylation sites (tertiary alicyclic amines) is 1. The van der Waals surface area contributed by atoms with Crippen molar-refractivity contribution >= 4 is 23.6 Å². The van der Waals surface area contributed by atoms with Crippen molar-refractivity contribution < 1.29 is 4.74 Å². The van der Waals surface area contributed by atoms with Gasteiger partial charge in [0.1, 0.15) is 5.75 Å². The molecule has 1 fully saturated rings. The van der Waals surface area contributed by atoms with Gasteiger partial charge >= 0.3 is 0 Å². The van der Waals surface area contributed by atoms with E-state index in [0.29, 0.717) is 6.04 Å². The van der Waals surface area contributed by atoms with Crippen molar-refractivity contribution in [1.29, 1.82) is 0 Å². The number of nitrogens with zero attached hydrogens (tertiary/aromatic N) is 4. The number of ether oxygens (including phenoxy) is 1.